The molecule has 2 atom stereocenters. The second-order valence-corrected chi connectivity index (χ2v) is 11.0. The van der Waals surface area contributed by atoms with E-state index in [1.54, 1.807) is 23.2 Å². The van der Waals surface area contributed by atoms with E-state index in [1.165, 1.54) is 24.8 Å². The Labute approximate surface area is 194 Å². The number of fused-ring (bicyclic) bond motifs is 1. The highest BCUT2D eigenvalue weighted by molar-refractivity contribution is 5.76. The summed E-state index contributed by atoms with van der Waals surface area (Å²) in [6, 6.07) is 14.3. The Kier molecular flexibility index (Phi) is 4.75. The third-order valence-corrected chi connectivity index (χ3v) is 8.36. The Morgan fingerprint density at radius 1 is 0.970 bits per heavy atom. The van der Waals surface area contributed by atoms with Crippen LogP contribution in [0.4, 0.5) is 0 Å². The third kappa shape index (κ3) is 3.69. The summed E-state index contributed by atoms with van der Waals surface area (Å²) in [5, 5.41) is 14.8. The van der Waals surface area contributed by atoms with Crippen molar-refractivity contribution in [3.05, 3.63) is 64.1 Å². The van der Waals surface area contributed by atoms with E-state index in [0.29, 0.717) is 18.4 Å². The molecule has 3 aromatic rings. The van der Waals surface area contributed by atoms with Crippen LogP contribution in [0.25, 0.3) is 11.0 Å². The molecule has 4 aliphatic rings. The standard InChI is InChI=1S/C27H33N3O3/c1-29-23-8-5-19(10-24(23)30(2)25(29)31)16-33-22-6-3-18(4-7-22)15-28-26-11-20-9-21(12-26)14-27(32,13-20)17-26/h3-8,10,20-21,28,32H,9,11-17H2,1-2H3. The Bertz CT molecular complexity index is 1240. The minimum Gasteiger partial charge on any atom is -0.489 e. The molecule has 33 heavy (non-hydrogen) atoms. The van der Waals surface area contributed by atoms with Crippen molar-refractivity contribution in [2.24, 2.45) is 25.9 Å². The van der Waals surface area contributed by atoms with Gasteiger partial charge in [-0.1, -0.05) is 18.2 Å². The van der Waals surface area contributed by atoms with Gasteiger partial charge in [0.05, 0.1) is 16.6 Å². The van der Waals surface area contributed by atoms with Crippen molar-refractivity contribution < 1.29 is 9.84 Å². The van der Waals surface area contributed by atoms with Crippen LogP contribution in [0.1, 0.15) is 49.7 Å². The monoisotopic (exact) mass is 447 g/mol. The SMILES string of the molecule is Cn1c(=O)n(C)c2cc(COc3ccc(CNC45CC6CC(CC(O)(C6)C4)C5)cc3)ccc21. The van der Waals surface area contributed by atoms with Gasteiger partial charge in [0.1, 0.15) is 12.4 Å². The number of aromatic nitrogens is 2. The Morgan fingerprint density at radius 3 is 2.33 bits per heavy atom. The number of aliphatic hydroxyl groups is 1. The first kappa shape index (κ1) is 21.0. The van der Waals surface area contributed by atoms with Crippen molar-refractivity contribution in [2.45, 2.75) is 62.8 Å². The molecule has 4 aliphatic carbocycles. The molecule has 2 aromatic carbocycles. The van der Waals surface area contributed by atoms with Crippen molar-refractivity contribution in [1.82, 2.24) is 14.5 Å². The molecule has 1 aromatic heterocycles. The number of hydrogen-bond donors (Lipinski definition) is 2. The topological polar surface area (TPSA) is 68.4 Å². The molecule has 0 amide bonds. The van der Waals surface area contributed by atoms with Gasteiger partial charge in [0.25, 0.3) is 0 Å². The summed E-state index contributed by atoms with van der Waals surface area (Å²) in [6.07, 6.45) is 6.66. The lowest BCUT2D eigenvalue weighted by molar-refractivity contribution is -0.142. The lowest BCUT2D eigenvalue weighted by Crippen LogP contribution is -2.64. The molecule has 0 radical (unpaired) electrons. The van der Waals surface area contributed by atoms with Crippen molar-refractivity contribution in [2.75, 3.05) is 0 Å². The number of hydrogen-bond acceptors (Lipinski definition) is 4. The van der Waals surface area contributed by atoms with E-state index in [1.807, 2.05) is 30.3 Å². The van der Waals surface area contributed by atoms with E-state index in [4.69, 9.17) is 4.74 Å². The normalized spacial score (nSPS) is 30.3. The molecule has 7 rings (SSSR count). The summed E-state index contributed by atoms with van der Waals surface area (Å²) in [7, 11) is 3.59. The largest absolute Gasteiger partial charge is 0.489 e. The van der Waals surface area contributed by atoms with E-state index < -0.39 is 5.60 Å². The van der Waals surface area contributed by atoms with Gasteiger partial charge in [-0.05, 0) is 85.8 Å². The zero-order valence-corrected chi connectivity index (χ0v) is 19.5. The van der Waals surface area contributed by atoms with E-state index in [9.17, 15) is 9.90 Å². The van der Waals surface area contributed by atoms with Gasteiger partial charge >= 0.3 is 5.69 Å². The quantitative estimate of drug-likeness (QED) is 0.606. The number of nitrogens with zero attached hydrogens (tertiary/aromatic N) is 2. The summed E-state index contributed by atoms with van der Waals surface area (Å²) in [5.41, 5.74) is 3.79. The molecule has 2 N–H and O–H groups in total. The van der Waals surface area contributed by atoms with Crippen LogP contribution in [0, 0.1) is 11.8 Å². The zero-order chi connectivity index (χ0) is 22.8. The maximum absolute atomic E-state index is 12.1. The number of benzene rings is 2. The van der Waals surface area contributed by atoms with Crippen LogP contribution >= 0.6 is 0 Å². The number of imidazole rings is 1. The lowest BCUT2D eigenvalue weighted by atomic mass is 9.51. The van der Waals surface area contributed by atoms with Gasteiger partial charge < -0.3 is 15.2 Å². The fourth-order valence-electron chi connectivity index (χ4n) is 7.22. The summed E-state index contributed by atoms with van der Waals surface area (Å²) >= 11 is 0. The second kappa shape index (κ2) is 7.47. The molecular weight excluding hydrogens is 414 g/mol. The van der Waals surface area contributed by atoms with Crippen LogP contribution in [0.2, 0.25) is 0 Å². The Morgan fingerprint density at radius 2 is 1.64 bits per heavy atom. The van der Waals surface area contributed by atoms with Crippen LogP contribution in [-0.2, 0) is 27.2 Å². The first-order valence-corrected chi connectivity index (χ1v) is 12.2. The highest BCUT2D eigenvalue weighted by Crippen LogP contribution is 2.57. The third-order valence-electron chi connectivity index (χ3n) is 8.36. The summed E-state index contributed by atoms with van der Waals surface area (Å²) in [4.78, 5) is 12.1. The molecule has 0 spiro atoms. The summed E-state index contributed by atoms with van der Waals surface area (Å²) in [5.74, 6) is 2.22. The number of rotatable bonds is 6. The average Bonchev–Trinajstić information content (AvgIpc) is 2.99. The average molecular weight is 448 g/mol. The summed E-state index contributed by atoms with van der Waals surface area (Å²) in [6.45, 7) is 1.29. The molecule has 6 nitrogen and oxygen atoms in total. The first-order chi connectivity index (χ1) is 15.8. The highest BCUT2D eigenvalue weighted by atomic mass is 16.5. The lowest BCUT2D eigenvalue weighted by Gasteiger charge is -2.60. The molecule has 2 unspecified atom stereocenters. The van der Waals surface area contributed by atoms with Crippen LogP contribution in [0.5, 0.6) is 5.75 Å². The van der Waals surface area contributed by atoms with Crippen molar-refractivity contribution in [3.8, 4) is 5.75 Å². The van der Waals surface area contributed by atoms with Crippen LogP contribution in [0.15, 0.2) is 47.3 Å². The number of nitrogens with one attached hydrogen (secondary N) is 1. The van der Waals surface area contributed by atoms with Gasteiger partial charge in [0.15, 0.2) is 0 Å². The van der Waals surface area contributed by atoms with E-state index in [0.717, 1.165) is 48.2 Å². The minimum atomic E-state index is -0.427. The fraction of sp³-hybridized carbons (Fsp3) is 0.519. The van der Waals surface area contributed by atoms with Crippen molar-refractivity contribution >= 4 is 11.0 Å². The molecule has 1 heterocycles. The summed E-state index contributed by atoms with van der Waals surface area (Å²) < 4.78 is 9.35. The molecular formula is C27H33N3O3. The van der Waals surface area contributed by atoms with Gasteiger partial charge in [-0.2, -0.15) is 0 Å². The first-order valence-electron chi connectivity index (χ1n) is 12.2. The molecule has 174 valence electrons. The van der Waals surface area contributed by atoms with Gasteiger partial charge in [0, 0.05) is 26.2 Å². The van der Waals surface area contributed by atoms with Crippen LogP contribution < -0.4 is 15.7 Å². The number of aryl methyl sites for hydroxylation is 2. The Balaban J connectivity index is 1.08. The van der Waals surface area contributed by atoms with Gasteiger partial charge in [-0.15, -0.1) is 0 Å². The molecule has 4 fully saturated rings. The Hall–Kier alpha value is -2.57. The maximum Gasteiger partial charge on any atom is 0.328 e. The van der Waals surface area contributed by atoms with E-state index in [-0.39, 0.29) is 11.2 Å². The van der Waals surface area contributed by atoms with Gasteiger partial charge in [-0.25, -0.2) is 4.79 Å². The van der Waals surface area contributed by atoms with E-state index >= 15 is 0 Å². The predicted molar refractivity (Wildman–Crippen MR) is 128 cm³/mol. The molecule has 6 heteroatoms. The van der Waals surface area contributed by atoms with Crippen LogP contribution in [0.3, 0.4) is 0 Å². The minimum absolute atomic E-state index is 0.0185. The van der Waals surface area contributed by atoms with Gasteiger partial charge in [-0.3, -0.25) is 9.13 Å². The molecule has 4 bridgehead atoms. The predicted octanol–water partition coefficient (Wildman–Crippen LogP) is 3.63. The van der Waals surface area contributed by atoms with Crippen molar-refractivity contribution in [3.63, 3.8) is 0 Å². The fourth-order valence-corrected chi connectivity index (χ4v) is 7.22. The number of ether oxygens (including phenoxy) is 1. The second-order valence-electron chi connectivity index (χ2n) is 11.0. The molecule has 0 aliphatic heterocycles. The van der Waals surface area contributed by atoms with Crippen LogP contribution in [-0.4, -0.2) is 25.4 Å². The van der Waals surface area contributed by atoms with Gasteiger partial charge in [0.2, 0.25) is 0 Å². The smallest absolute Gasteiger partial charge is 0.328 e. The highest BCUT2D eigenvalue weighted by Gasteiger charge is 2.56. The zero-order valence-electron chi connectivity index (χ0n) is 19.5. The maximum atomic E-state index is 12.1. The van der Waals surface area contributed by atoms with E-state index in [2.05, 4.69) is 17.4 Å². The molecule has 0 saturated heterocycles. The van der Waals surface area contributed by atoms with Crippen molar-refractivity contribution in [1.29, 1.82) is 0 Å². The molecule has 4 saturated carbocycles.